The zero-order chi connectivity index (χ0) is 14.1. The van der Waals surface area contributed by atoms with Crippen LogP contribution in [0.5, 0.6) is 0 Å². The van der Waals surface area contributed by atoms with E-state index in [2.05, 4.69) is 51.4 Å². The van der Waals surface area contributed by atoms with Crippen molar-refractivity contribution < 1.29 is 9.47 Å². The van der Waals surface area contributed by atoms with Crippen molar-refractivity contribution in [2.75, 3.05) is 26.4 Å². The van der Waals surface area contributed by atoms with E-state index in [1.54, 1.807) is 0 Å². The highest BCUT2D eigenvalue weighted by atomic mass is 16.5. The van der Waals surface area contributed by atoms with Gasteiger partial charge in [0.1, 0.15) is 0 Å². The van der Waals surface area contributed by atoms with E-state index < -0.39 is 0 Å². The molecule has 2 fully saturated rings. The van der Waals surface area contributed by atoms with Crippen molar-refractivity contribution in [1.29, 1.82) is 0 Å². The number of hydrogen-bond acceptors (Lipinski definition) is 2. The lowest BCUT2D eigenvalue weighted by atomic mass is 10.1. The van der Waals surface area contributed by atoms with Crippen molar-refractivity contribution in [1.82, 2.24) is 0 Å². The summed E-state index contributed by atoms with van der Waals surface area (Å²) in [7, 11) is 0. The molecular weight excluding hydrogens is 236 g/mol. The lowest BCUT2D eigenvalue weighted by Gasteiger charge is -2.20. The highest BCUT2D eigenvalue weighted by Gasteiger charge is 2.14. The van der Waals surface area contributed by atoms with Crippen LogP contribution in [0.3, 0.4) is 0 Å². The monoisotopic (exact) mass is 262 g/mol. The zero-order valence-electron chi connectivity index (χ0n) is 12.7. The standard InChI is InChI=1S/C9H14O.C8H12O/c1-8(2)4-3-5-9-6-10-7-9;1-7(2)3-4-8-5-9-6-8/h8-9H,4,6-7H2,1-2H3;7-8H,5-6H2,1-2H3. The number of hydrogen-bond donors (Lipinski definition) is 0. The van der Waals surface area contributed by atoms with Gasteiger partial charge in [-0.3, -0.25) is 0 Å². The van der Waals surface area contributed by atoms with Crippen molar-refractivity contribution in [3.8, 4) is 23.7 Å². The van der Waals surface area contributed by atoms with Crippen LogP contribution >= 0.6 is 0 Å². The fourth-order valence-electron chi connectivity index (χ4n) is 1.33. The lowest BCUT2D eigenvalue weighted by Crippen LogP contribution is -2.25. The maximum Gasteiger partial charge on any atom is 0.0670 e. The Morgan fingerprint density at radius 3 is 1.79 bits per heavy atom. The fraction of sp³-hybridized carbons (Fsp3) is 0.765. The minimum atomic E-state index is 0.505. The van der Waals surface area contributed by atoms with Crippen LogP contribution in [0.25, 0.3) is 0 Å². The first kappa shape index (κ1) is 16.1. The van der Waals surface area contributed by atoms with Gasteiger partial charge in [0.05, 0.1) is 38.3 Å². The van der Waals surface area contributed by atoms with E-state index in [0.717, 1.165) is 32.8 Å². The molecule has 0 radical (unpaired) electrons. The van der Waals surface area contributed by atoms with E-state index >= 15 is 0 Å². The minimum Gasteiger partial charge on any atom is -0.379 e. The van der Waals surface area contributed by atoms with Crippen LogP contribution in [0.15, 0.2) is 0 Å². The van der Waals surface area contributed by atoms with Crippen molar-refractivity contribution >= 4 is 0 Å². The van der Waals surface area contributed by atoms with E-state index in [0.29, 0.717) is 23.7 Å². The molecule has 2 saturated heterocycles. The summed E-state index contributed by atoms with van der Waals surface area (Å²) in [5.41, 5.74) is 0. The Morgan fingerprint density at radius 1 is 0.895 bits per heavy atom. The molecule has 0 N–H and O–H groups in total. The first-order valence-electron chi connectivity index (χ1n) is 7.22. The SMILES string of the molecule is CC(C)C#CC1COC1.CC(C)CC#CC1COC1. The van der Waals surface area contributed by atoms with Gasteiger partial charge in [0, 0.05) is 12.3 Å². The normalized spacial score (nSPS) is 18.2. The predicted octanol–water partition coefficient (Wildman–Crippen LogP) is 2.97. The van der Waals surface area contributed by atoms with Crippen molar-refractivity contribution in [2.24, 2.45) is 23.7 Å². The molecule has 2 nitrogen and oxygen atoms in total. The Hall–Kier alpha value is -0.960. The molecule has 0 atom stereocenters. The van der Waals surface area contributed by atoms with E-state index in [9.17, 15) is 0 Å². The van der Waals surface area contributed by atoms with Crippen LogP contribution in [0.2, 0.25) is 0 Å². The second kappa shape index (κ2) is 9.03. The van der Waals surface area contributed by atoms with Crippen LogP contribution in [0, 0.1) is 47.4 Å². The molecule has 0 aromatic rings. The smallest absolute Gasteiger partial charge is 0.0670 e. The number of ether oxygens (including phenoxy) is 2. The Balaban J connectivity index is 0.000000191. The van der Waals surface area contributed by atoms with Crippen LogP contribution in [-0.4, -0.2) is 26.4 Å². The van der Waals surface area contributed by atoms with Crippen LogP contribution in [0.1, 0.15) is 34.1 Å². The second-order valence-electron chi connectivity index (χ2n) is 5.83. The van der Waals surface area contributed by atoms with Gasteiger partial charge in [0.2, 0.25) is 0 Å². The molecule has 0 unspecified atom stereocenters. The van der Waals surface area contributed by atoms with E-state index in [-0.39, 0.29) is 0 Å². The third-order valence-electron chi connectivity index (χ3n) is 2.67. The molecule has 2 aliphatic rings. The third kappa shape index (κ3) is 7.93. The minimum absolute atomic E-state index is 0.505. The van der Waals surface area contributed by atoms with Gasteiger partial charge in [-0.05, 0) is 5.92 Å². The van der Waals surface area contributed by atoms with Crippen LogP contribution in [0.4, 0.5) is 0 Å². The average Bonchev–Trinajstić information content (AvgIpc) is 2.19. The molecule has 0 aromatic carbocycles. The summed E-state index contributed by atoms with van der Waals surface area (Å²) in [4.78, 5) is 0. The summed E-state index contributed by atoms with van der Waals surface area (Å²) in [5, 5.41) is 0. The molecule has 2 rings (SSSR count). The molecule has 19 heavy (non-hydrogen) atoms. The summed E-state index contributed by atoms with van der Waals surface area (Å²) in [5.74, 6) is 14.9. The molecule has 0 bridgehead atoms. The quantitative estimate of drug-likeness (QED) is 0.676. The molecule has 0 aromatic heterocycles. The second-order valence-corrected chi connectivity index (χ2v) is 5.83. The molecule has 0 spiro atoms. The third-order valence-corrected chi connectivity index (χ3v) is 2.67. The lowest BCUT2D eigenvalue weighted by molar-refractivity contribution is -0.00311. The largest absolute Gasteiger partial charge is 0.379 e. The summed E-state index contributed by atoms with van der Waals surface area (Å²) in [6, 6.07) is 0. The van der Waals surface area contributed by atoms with Crippen molar-refractivity contribution in [2.45, 2.75) is 34.1 Å². The van der Waals surface area contributed by atoms with Gasteiger partial charge in [0.25, 0.3) is 0 Å². The Bertz CT molecular complexity index is 354. The molecule has 0 saturated carbocycles. The van der Waals surface area contributed by atoms with E-state index in [1.165, 1.54) is 0 Å². The van der Waals surface area contributed by atoms with Crippen LogP contribution in [-0.2, 0) is 9.47 Å². The first-order chi connectivity index (χ1) is 9.08. The fourth-order valence-corrected chi connectivity index (χ4v) is 1.33. The molecule has 2 aliphatic heterocycles. The van der Waals surface area contributed by atoms with E-state index in [4.69, 9.17) is 9.47 Å². The summed E-state index contributed by atoms with van der Waals surface area (Å²) < 4.78 is 9.95. The highest BCUT2D eigenvalue weighted by Crippen LogP contribution is 2.08. The summed E-state index contributed by atoms with van der Waals surface area (Å²) in [6.07, 6.45) is 1.02. The first-order valence-corrected chi connectivity index (χ1v) is 7.22. The molecule has 2 heteroatoms. The maximum atomic E-state index is 4.99. The Labute approximate surface area is 118 Å². The van der Waals surface area contributed by atoms with E-state index in [1.807, 2.05) is 0 Å². The average molecular weight is 262 g/mol. The maximum absolute atomic E-state index is 4.99. The summed E-state index contributed by atoms with van der Waals surface area (Å²) >= 11 is 0. The topological polar surface area (TPSA) is 18.5 Å². The summed E-state index contributed by atoms with van der Waals surface area (Å²) in [6.45, 7) is 12.0. The number of rotatable bonds is 1. The Morgan fingerprint density at radius 2 is 1.42 bits per heavy atom. The highest BCUT2D eigenvalue weighted by molar-refractivity contribution is 5.07. The van der Waals surface area contributed by atoms with Gasteiger partial charge >= 0.3 is 0 Å². The van der Waals surface area contributed by atoms with Gasteiger partial charge in [-0.15, -0.1) is 11.8 Å². The van der Waals surface area contributed by atoms with Gasteiger partial charge < -0.3 is 9.47 Å². The van der Waals surface area contributed by atoms with Crippen molar-refractivity contribution in [3.05, 3.63) is 0 Å². The van der Waals surface area contributed by atoms with Crippen LogP contribution < -0.4 is 0 Å². The molecule has 0 aliphatic carbocycles. The van der Waals surface area contributed by atoms with Crippen molar-refractivity contribution in [3.63, 3.8) is 0 Å². The molecule has 0 amide bonds. The van der Waals surface area contributed by atoms with Gasteiger partial charge in [-0.1, -0.05) is 39.5 Å². The molecule has 2 heterocycles. The zero-order valence-corrected chi connectivity index (χ0v) is 12.7. The predicted molar refractivity (Wildman–Crippen MR) is 78.5 cm³/mol. The molecule has 106 valence electrons. The van der Waals surface area contributed by atoms with Gasteiger partial charge in [-0.2, -0.15) is 0 Å². The van der Waals surface area contributed by atoms with Gasteiger partial charge in [0.15, 0.2) is 0 Å². The molecular formula is C17H26O2. The Kier molecular flexibility index (Phi) is 7.65. The van der Waals surface area contributed by atoms with Gasteiger partial charge in [-0.25, -0.2) is 0 Å².